The van der Waals surface area contributed by atoms with Crippen LogP contribution in [-0.2, 0) is 14.4 Å². The molecule has 21 heavy (non-hydrogen) atoms. The lowest BCUT2D eigenvalue weighted by Crippen LogP contribution is -2.48. The molecule has 1 saturated heterocycles. The summed E-state index contributed by atoms with van der Waals surface area (Å²) in [6.45, 7) is 0.676. The van der Waals surface area contributed by atoms with E-state index < -0.39 is 5.97 Å². The van der Waals surface area contributed by atoms with Gasteiger partial charge in [0, 0.05) is 18.5 Å². The second-order valence-corrected chi connectivity index (χ2v) is 6.52. The molecule has 0 spiro atoms. The molecule has 0 bridgehead atoms. The zero-order valence-electron chi connectivity index (χ0n) is 12.1. The summed E-state index contributed by atoms with van der Waals surface area (Å²) in [6.07, 6.45) is 5.34. The Balaban J connectivity index is 1.55. The molecule has 1 aliphatic heterocycles. The van der Waals surface area contributed by atoms with Crippen LogP contribution in [0, 0.1) is 11.8 Å². The van der Waals surface area contributed by atoms with Crippen LogP contribution >= 0.6 is 0 Å². The summed E-state index contributed by atoms with van der Waals surface area (Å²) in [5, 5.41) is 11.9. The second kappa shape index (κ2) is 5.66. The molecule has 3 atom stereocenters. The number of aliphatic carboxylic acids is 1. The minimum Gasteiger partial charge on any atom is -0.481 e. The maximum absolute atomic E-state index is 12.4. The minimum atomic E-state index is -0.779. The molecule has 6 nitrogen and oxygen atoms in total. The van der Waals surface area contributed by atoms with Crippen LogP contribution in [0.25, 0.3) is 0 Å². The summed E-state index contributed by atoms with van der Waals surface area (Å²) in [7, 11) is 0. The topological polar surface area (TPSA) is 86.7 Å². The molecular weight excluding hydrogens is 272 g/mol. The highest BCUT2D eigenvalue weighted by Crippen LogP contribution is 2.34. The number of nitrogens with zero attached hydrogens (tertiary/aromatic N) is 1. The minimum absolute atomic E-state index is 0.0583. The average Bonchev–Trinajstić information content (AvgIpc) is 3.00. The molecule has 6 heteroatoms. The molecule has 0 aromatic carbocycles. The van der Waals surface area contributed by atoms with E-state index in [0.717, 1.165) is 25.7 Å². The number of nitrogens with one attached hydrogen (secondary N) is 1. The van der Waals surface area contributed by atoms with Gasteiger partial charge in [-0.05, 0) is 44.9 Å². The largest absolute Gasteiger partial charge is 0.481 e. The van der Waals surface area contributed by atoms with Crippen LogP contribution in [0.2, 0.25) is 0 Å². The van der Waals surface area contributed by atoms with E-state index in [-0.39, 0.29) is 35.7 Å². The first-order valence-electron chi connectivity index (χ1n) is 7.90. The fourth-order valence-electron chi connectivity index (χ4n) is 3.50. The Kier molecular flexibility index (Phi) is 3.87. The quantitative estimate of drug-likeness (QED) is 0.801. The molecule has 2 amide bonds. The number of hydrogen-bond donors (Lipinski definition) is 2. The molecule has 116 valence electrons. The second-order valence-electron chi connectivity index (χ2n) is 6.52. The normalized spacial score (nSPS) is 32.2. The summed E-state index contributed by atoms with van der Waals surface area (Å²) in [6, 6.07) is -0.404. The van der Waals surface area contributed by atoms with Gasteiger partial charge in [-0.3, -0.25) is 14.4 Å². The van der Waals surface area contributed by atoms with Crippen molar-refractivity contribution in [3.63, 3.8) is 0 Å². The first kappa shape index (κ1) is 14.4. The number of amides is 2. The van der Waals surface area contributed by atoms with Crippen molar-refractivity contribution >= 4 is 17.8 Å². The fourth-order valence-corrected chi connectivity index (χ4v) is 3.50. The summed E-state index contributed by atoms with van der Waals surface area (Å²) in [4.78, 5) is 37.2. The lowest BCUT2D eigenvalue weighted by atomic mass is 10.1. The van der Waals surface area contributed by atoms with Crippen LogP contribution in [0.4, 0.5) is 0 Å². The lowest BCUT2D eigenvalue weighted by molar-refractivity contribution is -0.141. The van der Waals surface area contributed by atoms with E-state index in [4.69, 9.17) is 5.11 Å². The van der Waals surface area contributed by atoms with Crippen LogP contribution in [0.15, 0.2) is 0 Å². The molecule has 3 fully saturated rings. The highest BCUT2D eigenvalue weighted by molar-refractivity contribution is 5.90. The zero-order valence-corrected chi connectivity index (χ0v) is 12.1. The predicted molar refractivity (Wildman–Crippen MR) is 74.4 cm³/mol. The van der Waals surface area contributed by atoms with Crippen molar-refractivity contribution in [2.45, 2.75) is 57.0 Å². The Morgan fingerprint density at radius 2 is 1.71 bits per heavy atom. The van der Waals surface area contributed by atoms with Gasteiger partial charge in [-0.25, -0.2) is 0 Å². The van der Waals surface area contributed by atoms with Gasteiger partial charge >= 0.3 is 5.97 Å². The summed E-state index contributed by atoms with van der Waals surface area (Å²) < 4.78 is 0. The monoisotopic (exact) mass is 294 g/mol. The average molecular weight is 294 g/mol. The van der Waals surface area contributed by atoms with Gasteiger partial charge in [-0.15, -0.1) is 0 Å². The number of carboxylic acid groups (broad SMARTS) is 1. The van der Waals surface area contributed by atoms with Crippen LogP contribution in [0.1, 0.15) is 44.9 Å². The summed E-state index contributed by atoms with van der Waals surface area (Å²) in [5.74, 6) is -0.956. The molecule has 3 unspecified atom stereocenters. The van der Waals surface area contributed by atoms with Gasteiger partial charge in [-0.1, -0.05) is 0 Å². The summed E-state index contributed by atoms with van der Waals surface area (Å²) >= 11 is 0. The zero-order chi connectivity index (χ0) is 15.0. The van der Waals surface area contributed by atoms with Gasteiger partial charge in [0.05, 0.1) is 5.92 Å². The van der Waals surface area contributed by atoms with Crippen molar-refractivity contribution in [1.29, 1.82) is 0 Å². The van der Waals surface area contributed by atoms with Crippen molar-refractivity contribution < 1.29 is 19.5 Å². The van der Waals surface area contributed by atoms with Gasteiger partial charge < -0.3 is 15.3 Å². The van der Waals surface area contributed by atoms with Gasteiger partial charge in [0.1, 0.15) is 6.04 Å². The van der Waals surface area contributed by atoms with E-state index in [0.29, 0.717) is 25.8 Å². The first-order chi connectivity index (χ1) is 10.1. The van der Waals surface area contributed by atoms with E-state index in [2.05, 4.69) is 5.32 Å². The van der Waals surface area contributed by atoms with E-state index in [1.807, 2.05) is 0 Å². The third-order valence-electron chi connectivity index (χ3n) is 4.89. The number of carbonyl (C=O) groups excluding carboxylic acids is 2. The van der Waals surface area contributed by atoms with Crippen molar-refractivity contribution in [3.05, 3.63) is 0 Å². The van der Waals surface area contributed by atoms with Crippen molar-refractivity contribution in [3.8, 4) is 0 Å². The maximum Gasteiger partial charge on any atom is 0.306 e. The molecular formula is C15H22N2O4. The molecule has 0 aromatic heterocycles. The van der Waals surface area contributed by atoms with Crippen molar-refractivity contribution in [2.75, 3.05) is 6.54 Å². The first-order valence-corrected chi connectivity index (χ1v) is 7.90. The Morgan fingerprint density at radius 1 is 1.00 bits per heavy atom. The molecule has 3 rings (SSSR count). The van der Waals surface area contributed by atoms with Crippen molar-refractivity contribution in [1.82, 2.24) is 10.2 Å². The third-order valence-corrected chi connectivity index (χ3v) is 4.89. The molecule has 0 radical (unpaired) electrons. The molecule has 2 N–H and O–H groups in total. The van der Waals surface area contributed by atoms with Crippen LogP contribution in [-0.4, -0.2) is 46.4 Å². The van der Waals surface area contributed by atoms with Gasteiger partial charge in [0.25, 0.3) is 0 Å². The highest BCUT2D eigenvalue weighted by atomic mass is 16.4. The molecule has 3 aliphatic rings. The van der Waals surface area contributed by atoms with Crippen LogP contribution in [0.3, 0.4) is 0 Å². The van der Waals surface area contributed by atoms with Crippen molar-refractivity contribution in [2.24, 2.45) is 11.8 Å². The van der Waals surface area contributed by atoms with Gasteiger partial charge in [0.15, 0.2) is 0 Å². The molecule has 1 heterocycles. The Labute approximate surface area is 123 Å². The number of rotatable bonds is 4. The third kappa shape index (κ3) is 3.04. The van der Waals surface area contributed by atoms with E-state index in [9.17, 15) is 14.4 Å². The highest BCUT2D eigenvalue weighted by Gasteiger charge is 2.41. The van der Waals surface area contributed by atoms with E-state index in [1.54, 1.807) is 4.90 Å². The van der Waals surface area contributed by atoms with Crippen LogP contribution < -0.4 is 5.32 Å². The van der Waals surface area contributed by atoms with E-state index in [1.165, 1.54) is 0 Å². The smallest absolute Gasteiger partial charge is 0.306 e. The Morgan fingerprint density at radius 3 is 2.33 bits per heavy atom. The van der Waals surface area contributed by atoms with Gasteiger partial charge in [0.2, 0.25) is 11.8 Å². The number of likely N-dealkylation sites (tertiary alicyclic amines) is 1. The lowest BCUT2D eigenvalue weighted by Gasteiger charge is -2.25. The van der Waals surface area contributed by atoms with Crippen LogP contribution in [0.5, 0.6) is 0 Å². The van der Waals surface area contributed by atoms with Gasteiger partial charge in [-0.2, -0.15) is 0 Å². The maximum atomic E-state index is 12.4. The Bertz CT molecular complexity index is 461. The molecule has 0 aromatic rings. The number of carbonyl (C=O) groups is 3. The molecule has 2 saturated carbocycles. The Hall–Kier alpha value is -1.59. The number of carboxylic acids is 1. The fraction of sp³-hybridized carbons (Fsp3) is 0.800. The predicted octanol–water partition coefficient (Wildman–Crippen LogP) is 0.757. The standard InChI is InChI=1S/C15H22N2O4/c18-13(16-11-6-5-10(8-11)15(20)21)12-2-1-7-17(12)14(19)9-3-4-9/h9-12H,1-8H2,(H,16,18)(H,20,21). The molecule has 2 aliphatic carbocycles. The number of hydrogen-bond acceptors (Lipinski definition) is 3. The van der Waals surface area contributed by atoms with E-state index >= 15 is 0 Å². The summed E-state index contributed by atoms with van der Waals surface area (Å²) in [5.41, 5.74) is 0. The SMILES string of the molecule is O=C(O)C1CCC(NC(=O)C2CCCN2C(=O)C2CC2)C1.